The van der Waals surface area contributed by atoms with Crippen molar-refractivity contribution in [1.82, 2.24) is 4.98 Å². The SMILES string of the molecule is CC.Cc1ccc(-c2ccc(C)c(N)c2)cn1. The molecule has 2 aromatic rings. The first-order valence-electron chi connectivity index (χ1n) is 5.96. The number of aromatic nitrogens is 1. The topological polar surface area (TPSA) is 38.9 Å². The van der Waals surface area contributed by atoms with E-state index in [0.717, 1.165) is 28.1 Å². The molecule has 0 aliphatic heterocycles. The minimum absolute atomic E-state index is 0.827. The van der Waals surface area contributed by atoms with Crippen LogP contribution in [0.15, 0.2) is 36.5 Å². The van der Waals surface area contributed by atoms with Crippen LogP contribution in [0.25, 0.3) is 11.1 Å². The summed E-state index contributed by atoms with van der Waals surface area (Å²) in [6.07, 6.45) is 1.87. The Morgan fingerprint density at radius 2 is 1.59 bits per heavy atom. The zero-order valence-corrected chi connectivity index (χ0v) is 11.0. The quantitative estimate of drug-likeness (QED) is 0.750. The molecule has 90 valence electrons. The second-order valence-corrected chi connectivity index (χ2v) is 3.76. The lowest BCUT2D eigenvalue weighted by Gasteiger charge is -2.05. The molecule has 1 aromatic heterocycles. The molecule has 0 atom stereocenters. The zero-order valence-electron chi connectivity index (χ0n) is 11.0. The monoisotopic (exact) mass is 228 g/mol. The van der Waals surface area contributed by atoms with Gasteiger partial charge in [-0.05, 0) is 37.1 Å². The molecular formula is C15H20N2. The minimum Gasteiger partial charge on any atom is -0.398 e. The number of nitrogen functional groups attached to an aromatic ring is 1. The first-order chi connectivity index (χ1) is 8.16. The molecule has 2 nitrogen and oxygen atoms in total. The highest BCUT2D eigenvalue weighted by atomic mass is 14.7. The van der Waals surface area contributed by atoms with Crippen LogP contribution in [0.2, 0.25) is 0 Å². The molecule has 1 heterocycles. The van der Waals surface area contributed by atoms with Gasteiger partial charge in [-0.1, -0.05) is 32.0 Å². The van der Waals surface area contributed by atoms with Crippen molar-refractivity contribution in [2.45, 2.75) is 27.7 Å². The van der Waals surface area contributed by atoms with E-state index < -0.39 is 0 Å². The van der Waals surface area contributed by atoms with E-state index in [-0.39, 0.29) is 0 Å². The summed E-state index contributed by atoms with van der Waals surface area (Å²) >= 11 is 0. The number of aryl methyl sites for hydroxylation is 2. The van der Waals surface area contributed by atoms with Gasteiger partial charge in [-0.2, -0.15) is 0 Å². The summed E-state index contributed by atoms with van der Waals surface area (Å²) in [5.74, 6) is 0. The number of benzene rings is 1. The van der Waals surface area contributed by atoms with Gasteiger partial charge in [0.25, 0.3) is 0 Å². The smallest absolute Gasteiger partial charge is 0.0373 e. The Morgan fingerprint density at radius 3 is 2.12 bits per heavy atom. The normalized spacial score (nSPS) is 9.41. The van der Waals surface area contributed by atoms with Crippen molar-refractivity contribution in [3.8, 4) is 11.1 Å². The highest BCUT2D eigenvalue weighted by molar-refractivity contribution is 5.68. The maximum atomic E-state index is 5.87. The standard InChI is InChI=1S/C13H14N2.C2H6/c1-9-3-5-11(7-13(9)14)12-6-4-10(2)15-8-12;1-2/h3-8H,14H2,1-2H3;1-2H3. The summed E-state index contributed by atoms with van der Waals surface area (Å²) in [6.45, 7) is 7.99. The molecule has 0 aliphatic rings. The Bertz CT molecular complexity index is 473. The molecule has 0 aliphatic carbocycles. The van der Waals surface area contributed by atoms with Crippen molar-refractivity contribution < 1.29 is 0 Å². The summed E-state index contributed by atoms with van der Waals surface area (Å²) in [7, 11) is 0. The van der Waals surface area contributed by atoms with E-state index in [2.05, 4.69) is 17.1 Å². The molecule has 0 saturated carbocycles. The summed E-state index contributed by atoms with van der Waals surface area (Å²) in [6, 6.07) is 10.2. The second kappa shape index (κ2) is 6.04. The van der Waals surface area contributed by atoms with Crippen molar-refractivity contribution in [2.24, 2.45) is 0 Å². The van der Waals surface area contributed by atoms with E-state index in [4.69, 9.17) is 5.73 Å². The van der Waals surface area contributed by atoms with Gasteiger partial charge in [0.2, 0.25) is 0 Å². The van der Waals surface area contributed by atoms with E-state index in [0.29, 0.717) is 0 Å². The molecule has 0 unspecified atom stereocenters. The summed E-state index contributed by atoms with van der Waals surface area (Å²) < 4.78 is 0. The van der Waals surface area contributed by atoms with Gasteiger partial charge in [0.1, 0.15) is 0 Å². The van der Waals surface area contributed by atoms with Gasteiger partial charge >= 0.3 is 0 Å². The van der Waals surface area contributed by atoms with Crippen molar-refractivity contribution in [3.63, 3.8) is 0 Å². The lowest BCUT2D eigenvalue weighted by molar-refractivity contribution is 1.20. The first-order valence-corrected chi connectivity index (χ1v) is 5.96. The molecule has 17 heavy (non-hydrogen) atoms. The van der Waals surface area contributed by atoms with Crippen LogP contribution in [0.1, 0.15) is 25.1 Å². The van der Waals surface area contributed by atoms with Crippen molar-refractivity contribution >= 4 is 5.69 Å². The largest absolute Gasteiger partial charge is 0.398 e. The summed E-state index contributed by atoms with van der Waals surface area (Å²) in [5.41, 5.74) is 11.1. The number of hydrogen-bond acceptors (Lipinski definition) is 2. The minimum atomic E-state index is 0.827. The van der Waals surface area contributed by atoms with Crippen molar-refractivity contribution in [1.29, 1.82) is 0 Å². The third-order valence-corrected chi connectivity index (χ3v) is 2.52. The Morgan fingerprint density at radius 1 is 0.941 bits per heavy atom. The Kier molecular flexibility index (Phi) is 4.70. The van der Waals surface area contributed by atoms with Crippen molar-refractivity contribution in [3.05, 3.63) is 47.8 Å². The van der Waals surface area contributed by atoms with Crippen LogP contribution < -0.4 is 5.73 Å². The number of pyridine rings is 1. The van der Waals surface area contributed by atoms with Gasteiger partial charge in [-0.3, -0.25) is 4.98 Å². The van der Waals surface area contributed by atoms with E-state index in [9.17, 15) is 0 Å². The van der Waals surface area contributed by atoms with Crippen LogP contribution >= 0.6 is 0 Å². The lowest BCUT2D eigenvalue weighted by atomic mass is 10.0. The van der Waals surface area contributed by atoms with Crippen molar-refractivity contribution in [2.75, 3.05) is 5.73 Å². The predicted octanol–water partition coefficient (Wildman–Crippen LogP) is 3.97. The number of rotatable bonds is 1. The van der Waals surface area contributed by atoms with Crippen LogP contribution in [0, 0.1) is 13.8 Å². The Labute approximate surface area is 104 Å². The van der Waals surface area contributed by atoms with E-state index >= 15 is 0 Å². The summed E-state index contributed by atoms with van der Waals surface area (Å²) in [4.78, 5) is 4.27. The third kappa shape index (κ3) is 3.31. The van der Waals surface area contributed by atoms with E-state index in [1.807, 2.05) is 52.1 Å². The number of anilines is 1. The predicted molar refractivity (Wildman–Crippen MR) is 74.9 cm³/mol. The van der Waals surface area contributed by atoms with Crippen LogP contribution in [0.5, 0.6) is 0 Å². The molecular weight excluding hydrogens is 208 g/mol. The third-order valence-electron chi connectivity index (χ3n) is 2.52. The zero-order chi connectivity index (χ0) is 12.8. The lowest BCUT2D eigenvalue weighted by Crippen LogP contribution is -1.90. The summed E-state index contributed by atoms with van der Waals surface area (Å²) in [5, 5.41) is 0. The van der Waals surface area contributed by atoms with Gasteiger partial charge in [0, 0.05) is 23.1 Å². The van der Waals surface area contributed by atoms with Crippen LogP contribution in [0.4, 0.5) is 5.69 Å². The van der Waals surface area contributed by atoms with Gasteiger partial charge in [0.15, 0.2) is 0 Å². The highest BCUT2D eigenvalue weighted by Gasteiger charge is 2.00. The molecule has 2 rings (SSSR count). The molecule has 0 radical (unpaired) electrons. The Hall–Kier alpha value is -1.83. The molecule has 0 saturated heterocycles. The number of nitrogens with two attached hydrogens (primary N) is 1. The average Bonchev–Trinajstić information content (AvgIpc) is 2.36. The second-order valence-electron chi connectivity index (χ2n) is 3.76. The van der Waals surface area contributed by atoms with Gasteiger partial charge < -0.3 is 5.73 Å². The molecule has 0 spiro atoms. The van der Waals surface area contributed by atoms with Crippen LogP contribution in [-0.2, 0) is 0 Å². The Balaban J connectivity index is 0.000000686. The van der Waals surface area contributed by atoms with E-state index in [1.54, 1.807) is 0 Å². The molecule has 0 amide bonds. The molecule has 1 aromatic carbocycles. The average molecular weight is 228 g/mol. The fraction of sp³-hybridized carbons (Fsp3) is 0.267. The molecule has 2 heteroatoms. The molecule has 0 fully saturated rings. The van der Waals surface area contributed by atoms with Gasteiger partial charge in [-0.15, -0.1) is 0 Å². The number of hydrogen-bond donors (Lipinski definition) is 1. The fourth-order valence-corrected chi connectivity index (χ4v) is 1.46. The van der Waals surface area contributed by atoms with E-state index in [1.165, 1.54) is 0 Å². The maximum absolute atomic E-state index is 5.87. The fourth-order valence-electron chi connectivity index (χ4n) is 1.46. The van der Waals surface area contributed by atoms with Gasteiger partial charge in [0.05, 0.1) is 0 Å². The molecule has 0 bridgehead atoms. The molecule has 2 N–H and O–H groups in total. The highest BCUT2D eigenvalue weighted by Crippen LogP contribution is 2.22. The maximum Gasteiger partial charge on any atom is 0.0373 e. The van der Waals surface area contributed by atoms with Crippen LogP contribution in [0.3, 0.4) is 0 Å². The first kappa shape index (κ1) is 13.2. The van der Waals surface area contributed by atoms with Crippen LogP contribution in [-0.4, -0.2) is 4.98 Å². The van der Waals surface area contributed by atoms with Gasteiger partial charge in [-0.25, -0.2) is 0 Å². The number of nitrogens with zero attached hydrogens (tertiary/aromatic N) is 1.